The fourth-order valence-corrected chi connectivity index (χ4v) is 4.53. The number of piperidine rings is 2. The Hall–Kier alpha value is -2.43. The summed E-state index contributed by atoms with van der Waals surface area (Å²) in [7, 11) is 0. The van der Waals surface area contributed by atoms with Crippen LogP contribution >= 0.6 is 0 Å². The van der Waals surface area contributed by atoms with E-state index in [4.69, 9.17) is 16.6 Å². The lowest BCUT2D eigenvalue weighted by Gasteiger charge is -2.42. The molecule has 29 heavy (non-hydrogen) atoms. The SMILES string of the molecule is NC1=NC(N)(c2ccc(N3CCC(N4CCC(C(=O)O)CC4)CC3)c(F)c2)NN1. The van der Waals surface area contributed by atoms with Gasteiger partial charge >= 0.3 is 5.97 Å². The van der Waals surface area contributed by atoms with Crippen LogP contribution in [0.3, 0.4) is 0 Å². The highest BCUT2D eigenvalue weighted by molar-refractivity contribution is 5.79. The first-order valence-electron chi connectivity index (χ1n) is 10.0. The Labute approximate surface area is 168 Å². The summed E-state index contributed by atoms with van der Waals surface area (Å²) in [6, 6.07) is 5.33. The van der Waals surface area contributed by atoms with E-state index in [1.165, 1.54) is 6.07 Å². The van der Waals surface area contributed by atoms with Gasteiger partial charge in [0.15, 0.2) is 0 Å². The number of rotatable bonds is 4. The maximum atomic E-state index is 14.8. The van der Waals surface area contributed by atoms with Crippen LogP contribution in [-0.2, 0) is 10.6 Å². The van der Waals surface area contributed by atoms with Crippen molar-refractivity contribution in [3.8, 4) is 0 Å². The number of halogens is 1. The summed E-state index contributed by atoms with van der Waals surface area (Å²) in [6.07, 6.45) is 3.29. The number of anilines is 1. The number of nitrogens with one attached hydrogen (secondary N) is 2. The monoisotopic (exact) mass is 405 g/mol. The number of hydrogen-bond acceptors (Lipinski definition) is 8. The molecule has 158 valence electrons. The van der Waals surface area contributed by atoms with E-state index in [0.717, 1.165) is 39.0 Å². The maximum Gasteiger partial charge on any atom is 0.306 e. The smallest absolute Gasteiger partial charge is 0.306 e. The number of benzene rings is 1. The second kappa shape index (κ2) is 7.77. The summed E-state index contributed by atoms with van der Waals surface area (Å²) < 4.78 is 14.8. The third-order valence-electron chi connectivity index (χ3n) is 6.27. The summed E-state index contributed by atoms with van der Waals surface area (Å²) in [4.78, 5) is 19.7. The molecule has 0 aromatic heterocycles. The molecule has 0 aliphatic carbocycles. The number of nitrogens with two attached hydrogens (primary N) is 2. The van der Waals surface area contributed by atoms with Crippen molar-refractivity contribution in [1.82, 2.24) is 15.8 Å². The molecule has 0 bridgehead atoms. The van der Waals surface area contributed by atoms with Crippen LogP contribution in [0.5, 0.6) is 0 Å². The molecule has 2 saturated heterocycles. The van der Waals surface area contributed by atoms with Gasteiger partial charge in [-0.15, -0.1) is 0 Å². The van der Waals surface area contributed by atoms with Gasteiger partial charge in [-0.25, -0.2) is 9.38 Å². The van der Waals surface area contributed by atoms with Gasteiger partial charge < -0.3 is 20.6 Å². The van der Waals surface area contributed by atoms with Crippen LogP contribution in [0.2, 0.25) is 0 Å². The minimum Gasteiger partial charge on any atom is -0.481 e. The molecule has 0 saturated carbocycles. The Kier molecular flexibility index (Phi) is 5.32. The van der Waals surface area contributed by atoms with Crippen LogP contribution in [0, 0.1) is 11.7 Å². The molecule has 1 unspecified atom stereocenters. The third kappa shape index (κ3) is 4.00. The standard InChI is InChI=1S/C19H28FN7O2/c20-15-11-13(19(22)23-18(21)24-25-19)1-2-16(15)27-9-5-14(6-10-27)26-7-3-12(4-8-26)17(28)29/h1-2,11-12,14,25H,3-10,22H2,(H,28,29)(H3,21,23,24). The van der Waals surface area contributed by atoms with E-state index in [1.807, 2.05) is 0 Å². The van der Waals surface area contributed by atoms with Gasteiger partial charge in [-0.2, -0.15) is 5.43 Å². The van der Waals surface area contributed by atoms with Gasteiger partial charge in [0.2, 0.25) is 11.7 Å². The van der Waals surface area contributed by atoms with Gasteiger partial charge in [-0.3, -0.25) is 16.0 Å². The van der Waals surface area contributed by atoms with E-state index in [-0.39, 0.29) is 17.7 Å². The fourth-order valence-electron chi connectivity index (χ4n) is 4.53. The van der Waals surface area contributed by atoms with Crippen LogP contribution in [-0.4, -0.2) is 54.2 Å². The van der Waals surface area contributed by atoms with E-state index >= 15 is 0 Å². The molecular weight excluding hydrogens is 377 g/mol. The predicted octanol–water partition coefficient (Wildman–Crippen LogP) is 0.0826. The Bertz CT molecular complexity index is 804. The van der Waals surface area contributed by atoms with Crippen molar-refractivity contribution < 1.29 is 14.3 Å². The van der Waals surface area contributed by atoms with Crippen LogP contribution in [0.4, 0.5) is 10.1 Å². The molecule has 3 aliphatic heterocycles. The van der Waals surface area contributed by atoms with E-state index < -0.39 is 11.8 Å². The minimum absolute atomic E-state index is 0.159. The molecule has 3 aliphatic rings. The first-order valence-corrected chi connectivity index (χ1v) is 10.0. The third-order valence-corrected chi connectivity index (χ3v) is 6.27. The van der Waals surface area contributed by atoms with E-state index in [1.54, 1.807) is 12.1 Å². The zero-order valence-electron chi connectivity index (χ0n) is 16.3. The average molecular weight is 405 g/mol. The molecule has 2 fully saturated rings. The highest BCUT2D eigenvalue weighted by Crippen LogP contribution is 2.30. The summed E-state index contributed by atoms with van der Waals surface area (Å²) in [5, 5.41) is 9.15. The Balaban J connectivity index is 1.36. The first-order chi connectivity index (χ1) is 13.9. The largest absolute Gasteiger partial charge is 0.481 e. The molecule has 1 aromatic rings. The topological polar surface area (TPSA) is 132 Å². The number of carbonyl (C=O) groups is 1. The molecule has 3 heterocycles. The average Bonchev–Trinajstić information content (AvgIpc) is 3.08. The van der Waals surface area contributed by atoms with E-state index in [2.05, 4.69) is 25.6 Å². The number of aliphatic imine (C=N–C) groups is 1. The number of nitrogens with zero attached hydrogens (tertiary/aromatic N) is 3. The predicted molar refractivity (Wildman–Crippen MR) is 107 cm³/mol. The van der Waals surface area contributed by atoms with E-state index in [9.17, 15) is 9.18 Å². The second-order valence-electron chi connectivity index (χ2n) is 8.05. The van der Waals surface area contributed by atoms with Crippen LogP contribution < -0.4 is 27.2 Å². The molecule has 10 heteroatoms. The highest BCUT2D eigenvalue weighted by atomic mass is 19.1. The van der Waals surface area contributed by atoms with Crippen molar-refractivity contribution in [3.63, 3.8) is 0 Å². The number of aliphatic carboxylic acids is 1. The highest BCUT2D eigenvalue weighted by Gasteiger charge is 2.34. The van der Waals surface area contributed by atoms with Crippen LogP contribution in [0.25, 0.3) is 0 Å². The normalized spacial score (nSPS) is 27.0. The molecule has 9 nitrogen and oxygen atoms in total. The lowest BCUT2D eigenvalue weighted by atomic mass is 9.93. The molecular formula is C19H28FN7O2. The maximum absolute atomic E-state index is 14.8. The number of carboxylic acids is 1. The number of guanidine groups is 1. The van der Waals surface area contributed by atoms with Gasteiger partial charge in [0, 0.05) is 24.7 Å². The molecule has 7 N–H and O–H groups in total. The second-order valence-corrected chi connectivity index (χ2v) is 8.05. The summed E-state index contributed by atoms with van der Waals surface area (Å²) in [5.74, 6) is -2.36. The van der Waals surface area contributed by atoms with Gasteiger partial charge in [0.25, 0.3) is 0 Å². The molecule has 0 amide bonds. The Morgan fingerprint density at radius 3 is 2.45 bits per heavy atom. The van der Waals surface area contributed by atoms with Crippen LogP contribution in [0.15, 0.2) is 23.2 Å². The fraction of sp³-hybridized carbons (Fsp3) is 0.579. The van der Waals surface area contributed by atoms with Crippen molar-refractivity contribution in [1.29, 1.82) is 0 Å². The summed E-state index contributed by atoms with van der Waals surface area (Å²) in [5.41, 5.74) is 18.2. The van der Waals surface area contributed by atoms with Gasteiger partial charge in [-0.05, 0) is 50.9 Å². The van der Waals surface area contributed by atoms with Crippen molar-refractivity contribution in [3.05, 3.63) is 29.6 Å². The number of carboxylic acid groups (broad SMARTS) is 1. The first kappa shape index (κ1) is 19.9. The Morgan fingerprint density at radius 2 is 1.90 bits per heavy atom. The number of hydrogen-bond donors (Lipinski definition) is 5. The minimum atomic E-state index is -1.28. The number of likely N-dealkylation sites (tertiary alicyclic amines) is 1. The molecule has 4 rings (SSSR count). The van der Waals surface area contributed by atoms with Crippen molar-refractivity contribution in [2.24, 2.45) is 22.4 Å². The van der Waals surface area contributed by atoms with Gasteiger partial charge in [-0.1, -0.05) is 6.07 Å². The molecule has 1 atom stereocenters. The van der Waals surface area contributed by atoms with Crippen molar-refractivity contribution in [2.75, 3.05) is 31.1 Å². The Morgan fingerprint density at radius 1 is 1.21 bits per heavy atom. The van der Waals surface area contributed by atoms with Gasteiger partial charge in [0.1, 0.15) is 5.82 Å². The van der Waals surface area contributed by atoms with E-state index in [0.29, 0.717) is 30.1 Å². The lowest BCUT2D eigenvalue weighted by molar-refractivity contribution is -0.143. The summed E-state index contributed by atoms with van der Waals surface area (Å²) in [6.45, 7) is 3.18. The zero-order valence-corrected chi connectivity index (χ0v) is 16.3. The summed E-state index contributed by atoms with van der Waals surface area (Å²) >= 11 is 0. The number of hydrazine groups is 1. The zero-order chi connectivity index (χ0) is 20.6. The van der Waals surface area contributed by atoms with Crippen molar-refractivity contribution in [2.45, 2.75) is 37.5 Å². The van der Waals surface area contributed by atoms with Gasteiger partial charge in [0.05, 0.1) is 11.6 Å². The van der Waals surface area contributed by atoms with Crippen molar-refractivity contribution >= 4 is 17.6 Å². The van der Waals surface area contributed by atoms with Crippen LogP contribution in [0.1, 0.15) is 31.2 Å². The molecule has 0 spiro atoms. The molecule has 0 radical (unpaired) electrons. The quantitative estimate of drug-likeness (QED) is 0.476. The lowest BCUT2D eigenvalue weighted by Crippen LogP contribution is -2.50. The molecule has 1 aromatic carbocycles.